The fourth-order valence-corrected chi connectivity index (χ4v) is 5.16. The van der Waals surface area contributed by atoms with Crippen LogP contribution in [0, 0.1) is 11.6 Å². The Morgan fingerprint density at radius 3 is 1.85 bits per heavy atom. The van der Waals surface area contributed by atoms with Crippen LogP contribution in [0.5, 0.6) is 0 Å². The van der Waals surface area contributed by atoms with Crippen molar-refractivity contribution in [3.63, 3.8) is 0 Å². The highest BCUT2D eigenvalue weighted by Crippen LogP contribution is 2.32. The smallest absolute Gasteiger partial charge is 0.256 e. The van der Waals surface area contributed by atoms with Gasteiger partial charge in [0.2, 0.25) is 0 Å². The first-order valence-electron chi connectivity index (χ1n) is 8.05. The van der Waals surface area contributed by atoms with Crippen LogP contribution in [-0.2, 0) is 0 Å². The fourth-order valence-electron chi connectivity index (χ4n) is 2.92. The second-order valence-electron chi connectivity index (χ2n) is 5.86. The number of nitrogens with one attached hydrogen (secondary N) is 1. The molecule has 5 heteroatoms. The molecular formula is C21H14F2NOP. The molecule has 26 heavy (non-hydrogen) atoms. The van der Waals surface area contributed by atoms with E-state index in [1.807, 2.05) is 24.3 Å². The monoisotopic (exact) mass is 365 g/mol. The van der Waals surface area contributed by atoms with Gasteiger partial charge in [-0.3, -0.25) is 4.79 Å². The number of pyridine rings is 1. The summed E-state index contributed by atoms with van der Waals surface area (Å²) in [6.07, 6.45) is 0. The van der Waals surface area contributed by atoms with Gasteiger partial charge in [0, 0.05) is 13.3 Å². The summed E-state index contributed by atoms with van der Waals surface area (Å²) in [7, 11) is -1.15. The molecule has 0 fully saturated rings. The van der Waals surface area contributed by atoms with Crippen molar-refractivity contribution >= 4 is 34.7 Å². The van der Waals surface area contributed by atoms with Gasteiger partial charge >= 0.3 is 0 Å². The Balaban J connectivity index is 1.94. The Hall–Kier alpha value is -2.84. The first kappa shape index (κ1) is 16.6. The highest BCUT2D eigenvalue weighted by Gasteiger charge is 2.19. The molecule has 0 saturated heterocycles. The molecule has 0 bridgehead atoms. The predicted molar refractivity (Wildman–Crippen MR) is 103 cm³/mol. The van der Waals surface area contributed by atoms with Gasteiger partial charge in [0.05, 0.1) is 5.44 Å². The van der Waals surface area contributed by atoms with Crippen molar-refractivity contribution in [2.75, 3.05) is 0 Å². The molecule has 1 N–H and O–H groups in total. The second-order valence-corrected chi connectivity index (χ2v) is 8.04. The lowest BCUT2D eigenvalue weighted by molar-refractivity contribution is 0.628. The van der Waals surface area contributed by atoms with Crippen LogP contribution < -0.4 is 21.6 Å². The van der Waals surface area contributed by atoms with Crippen LogP contribution in [0.4, 0.5) is 8.78 Å². The zero-order chi connectivity index (χ0) is 18.1. The first-order chi connectivity index (χ1) is 12.6. The second kappa shape index (κ2) is 6.81. The first-order valence-corrected chi connectivity index (χ1v) is 9.39. The van der Waals surface area contributed by atoms with E-state index in [1.54, 1.807) is 30.3 Å². The number of benzene rings is 3. The van der Waals surface area contributed by atoms with Crippen LogP contribution in [0.25, 0.3) is 10.8 Å². The molecule has 1 aromatic heterocycles. The third-order valence-corrected chi connectivity index (χ3v) is 6.50. The summed E-state index contributed by atoms with van der Waals surface area (Å²) in [5.41, 5.74) is 0.566. The standard InChI is InChI=1S/C21H14F2NOP/c22-15-5-9-17(10-6-15)26(18-11-7-16(23)8-12-18)20-13-14-3-1-2-4-19(14)21(25)24-20/h1-13H,(H,24,25). The predicted octanol–water partition coefficient (Wildman–Crippen LogP) is 3.56. The summed E-state index contributed by atoms with van der Waals surface area (Å²) in [6.45, 7) is 0. The molecule has 4 rings (SSSR count). The number of hydrogen-bond donors (Lipinski definition) is 1. The Kier molecular flexibility index (Phi) is 4.36. The Bertz CT molecular complexity index is 1080. The summed E-state index contributed by atoms with van der Waals surface area (Å²) in [5, 5.41) is 3.20. The minimum absolute atomic E-state index is 0.171. The number of hydrogen-bond acceptors (Lipinski definition) is 1. The molecule has 2 nitrogen and oxygen atoms in total. The van der Waals surface area contributed by atoms with Gasteiger partial charge in [-0.05, 0) is 52.4 Å². The summed E-state index contributed by atoms with van der Waals surface area (Å²) < 4.78 is 26.8. The van der Waals surface area contributed by atoms with Crippen molar-refractivity contribution in [2.45, 2.75) is 0 Å². The van der Waals surface area contributed by atoms with Gasteiger partial charge in [0.1, 0.15) is 11.6 Å². The lowest BCUT2D eigenvalue weighted by Gasteiger charge is -2.19. The van der Waals surface area contributed by atoms with Gasteiger partial charge in [0.25, 0.3) is 5.56 Å². The molecule has 0 unspecified atom stereocenters. The fraction of sp³-hybridized carbons (Fsp3) is 0. The highest BCUT2D eigenvalue weighted by molar-refractivity contribution is 7.79. The minimum atomic E-state index is -1.15. The maximum atomic E-state index is 13.4. The van der Waals surface area contributed by atoms with Gasteiger partial charge in [-0.15, -0.1) is 0 Å². The van der Waals surface area contributed by atoms with Gasteiger partial charge in [-0.1, -0.05) is 42.5 Å². The normalized spacial score (nSPS) is 11.2. The molecule has 0 saturated carbocycles. The van der Waals surface area contributed by atoms with E-state index in [-0.39, 0.29) is 17.2 Å². The van der Waals surface area contributed by atoms with Gasteiger partial charge < -0.3 is 4.98 Å². The Labute approximate surface area is 149 Å². The van der Waals surface area contributed by atoms with Crippen molar-refractivity contribution in [1.29, 1.82) is 0 Å². The molecule has 0 aliphatic rings. The van der Waals surface area contributed by atoms with E-state index in [2.05, 4.69) is 4.98 Å². The van der Waals surface area contributed by atoms with Crippen LogP contribution in [0.2, 0.25) is 0 Å². The largest absolute Gasteiger partial charge is 0.321 e. The zero-order valence-electron chi connectivity index (χ0n) is 13.6. The SMILES string of the molecule is O=c1[nH]c(P(c2ccc(F)cc2)c2ccc(F)cc2)cc2ccccc12. The van der Waals surface area contributed by atoms with E-state index in [9.17, 15) is 13.6 Å². The van der Waals surface area contributed by atoms with Crippen LogP contribution in [-0.4, -0.2) is 4.98 Å². The number of H-pyrrole nitrogens is 1. The lowest BCUT2D eigenvalue weighted by atomic mass is 10.2. The molecule has 3 aromatic carbocycles. The topological polar surface area (TPSA) is 32.9 Å². The molecule has 128 valence electrons. The van der Waals surface area contributed by atoms with Crippen LogP contribution in [0.15, 0.2) is 83.7 Å². The van der Waals surface area contributed by atoms with E-state index in [1.165, 1.54) is 24.3 Å². The van der Waals surface area contributed by atoms with Gasteiger partial charge in [-0.2, -0.15) is 0 Å². The number of aromatic nitrogens is 1. The Morgan fingerprint density at radius 2 is 1.27 bits per heavy atom. The molecule has 4 aromatic rings. The molecule has 1 heterocycles. The van der Waals surface area contributed by atoms with Gasteiger partial charge in [-0.25, -0.2) is 8.78 Å². The van der Waals surface area contributed by atoms with Crippen LogP contribution in [0.3, 0.4) is 0 Å². The number of fused-ring (bicyclic) bond motifs is 1. The van der Waals surface area contributed by atoms with Crippen molar-refractivity contribution < 1.29 is 8.78 Å². The molecule has 0 atom stereocenters. The van der Waals surface area contributed by atoms with Crippen molar-refractivity contribution in [3.8, 4) is 0 Å². The average molecular weight is 365 g/mol. The number of aromatic amines is 1. The zero-order valence-corrected chi connectivity index (χ0v) is 14.5. The van der Waals surface area contributed by atoms with E-state index in [4.69, 9.17) is 0 Å². The third kappa shape index (κ3) is 3.16. The quantitative estimate of drug-likeness (QED) is 0.554. The number of halogens is 2. The molecule has 0 amide bonds. The molecule has 0 aliphatic carbocycles. The Morgan fingerprint density at radius 1 is 0.731 bits per heavy atom. The van der Waals surface area contributed by atoms with Crippen molar-refractivity contribution in [1.82, 2.24) is 4.98 Å². The summed E-state index contributed by atoms with van der Waals surface area (Å²) in [4.78, 5) is 15.5. The average Bonchev–Trinajstić information content (AvgIpc) is 2.65. The molecule has 0 aliphatic heterocycles. The maximum Gasteiger partial charge on any atom is 0.256 e. The van der Waals surface area contributed by atoms with E-state index in [0.717, 1.165) is 21.4 Å². The van der Waals surface area contributed by atoms with Crippen molar-refractivity contribution in [2.24, 2.45) is 0 Å². The summed E-state index contributed by atoms with van der Waals surface area (Å²) in [6, 6.07) is 21.7. The maximum absolute atomic E-state index is 13.4. The summed E-state index contributed by atoms with van der Waals surface area (Å²) in [5.74, 6) is -0.648. The summed E-state index contributed by atoms with van der Waals surface area (Å²) >= 11 is 0. The molecule has 0 spiro atoms. The molecular weight excluding hydrogens is 351 g/mol. The third-order valence-electron chi connectivity index (χ3n) is 4.15. The van der Waals surface area contributed by atoms with E-state index in [0.29, 0.717) is 5.39 Å². The highest BCUT2D eigenvalue weighted by atomic mass is 31.1. The van der Waals surface area contributed by atoms with E-state index < -0.39 is 7.92 Å². The van der Waals surface area contributed by atoms with Crippen LogP contribution >= 0.6 is 7.92 Å². The van der Waals surface area contributed by atoms with Gasteiger partial charge in [0.15, 0.2) is 0 Å². The number of rotatable bonds is 3. The van der Waals surface area contributed by atoms with E-state index >= 15 is 0 Å². The molecule has 0 radical (unpaired) electrons. The lowest BCUT2D eigenvalue weighted by Crippen LogP contribution is -2.27. The van der Waals surface area contributed by atoms with Crippen LogP contribution in [0.1, 0.15) is 0 Å². The minimum Gasteiger partial charge on any atom is -0.321 e. The van der Waals surface area contributed by atoms with Crippen molar-refractivity contribution in [3.05, 3.63) is 101 Å².